The molecule has 0 fully saturated rings. The fraction of sp³-hybridized carbons (Fsp3) is 0.400. The molecule has 0 saturated heterocycles. The summed E-state index contributed by atoms with van der Waals surface area (Å²) in [6.07, 6.45) is 6.86. The van der Waals surface area contributed by atoms with E-state index in [0.29, 0.717) is 5.69 Å². The molecule has 2 aromatic rings. The van der Waals surface area contributed by atoms with Crippen molar-refractivity contribution in [2.24, 2.45) is 0 Å². The predicted molar refractivity (Wildman–Crippen MR) is 75.3 cm³/mol. The highest BCUT2D eigenvalue weighted by molar-refractivity contribution is 5.92. The maximum absolute atomic E-state index is 12.2. The quantitative estimate of drug-likeness (QED) is 0.929. The minimum Gasteiger partial charge on any atom is -0.343 e. The standard InChI is InChI=1S/C15H18N4O/c1-11(12-6-2-4-8-16-12)17-15(20)13-10-19-9-5-3-7-14(19)18-13/h2,4,6,8,10-11H,3,5,7,9H2,1H3,(H,17,20). The first kappa shape index (κ1) is 12.8. The van der Waals surface area contributed by atoms with Crippen molar-refractivity contribution < 1.29 is 4.79 Å². The van der Waals surface area contributed by atoms with Gasteiger partial charge in [0.05, 0.1) is 11.7 Å². The molecule has 0 aliphatic carbocycles. The second kappa shape index (κ2) is 5.45. The van der Waals surface area contributed by atoms with Crippen LogP contribution in [0.1, 0.15) is 47.8 Å². The van der Waals surface area contributed by atoms with Crippen molar-refractivity contribution in [3.05, 3.63) is 47.8 Å². The van der Waals surface area contributed by atoms with Gasteiger partial charge in [-0.15, -0.1) is 0 Å². The van der Waals surface area contributed by atoms with Crippen LogP contribution < -0.4 is 5.32 Å². The molecular weight excluding hydrogens is 252 g/mol. The summed E-state index contributed by atoms with van der Waals surface area (Å²) in [7, 11) is 0. The van der Waals surface area contributed by atoms with Crippen molar-refractivity contribution in [1.82, 2.24) is 19.9 Å². The van der Waals surface area contributed by atoms with Gasteiger partial charge in [-0.05, 0) is 31.9 Å². The fourth-order valence-electron chi connectivity index (χ4n) is 2.50. The smallest absolute Gasteiger partial charge is 0.272 e. The third-order valence-electron chi connectivity index (χ3n) is 3.62. The summed E-state index contributed by atoms with van der Waals surface area (Å²) in [6, 6.07) is 5.56. The van der Waals surface area contributed by atoms with Gasteiger partial charge < -0.3 is 9.88 Å². The molecule has 1 N–H and O–H groups in total. The summed E-state index contributed by atoms with van der Waals surface area (Å²) in [5, 5.41) is 2.94. The van der Waals surface area contributed by atoms with Crippen LogP contribution in [0.25, 0.3) is 0 Å². The maximum atomic E-state index is 12.2. The van der Waals surface area contributed by atoms with Crippen molar-refractivity contribution >= 4 is 5.91 Å². The van der Waals surface area contributed by atoms with Crippen molar-refractivity contribution in [1.29, 1.82) is 0 Å². The number of hydrogen-bond acceptors (Lipinski definition) is 3. The van der Waals surface area contributed by atoms with Crippen LogP contribution in [0.4, 0.5) is 0 Å². The lowest BCUT2D eigenvalue weighted by Gasteiger charge is -2.12. The molecule has 1 aliphatic rings. The van der Waals surface area contributed by atoms with E-state index in [2.05, 4.69) is 19.9 Å². The minimum absolute atomic E-state index is 0.123. The molecular formula is C15H18N4O. The van der Waals surface area contributed by atoms with Gasteiger partial charge in [0, 0.05) is 25.4 Å². The highest BCUT2D eigenvalue weighted by Crippen LogP contribution is 2.15. The van der Waals surface area contributed by atoms with E-state index in [1.165, 1.54) is 0 Å². The normalized spacial score (nSPS) is 15.4. The molecule has 0 radical (unpaired) electrons. The SMILES string of the molecule is CC(NC(=O)c1cn2c(n1)CCCC2)c1ccccn1. The number of amides is 1. The number of nitrogens with one attached hydrogen (secondary N) is 1. The van der Waals surface area contributed by atoms with Crippen molar-refractivity contribution in [2.45, 2.75) is 38.8 Å². The Morgan fingerprint density at radius 3 is 3.05 bits per heavy atom. The lowest BCUT2D eigenvalue weighted by molar-refractivity contribution is 0.0934. The zero-order chi connectivity index (χ0) is 13.9. The molecule has 2 aromatic heterocycles. The van der Waals surface area contributed by atoms with Crippen LogP contribution in [0.5, 0.6) is 0 Å². The first-order valence-electron chi connectivity index (χ1n) is 7.02. The van der Waals surface area contributed by atoms with Crippen LogP contribution in [0.3, 0.4) is 0 Å². The van der Waals surface area contributed by atoms with Crippen LogP contribution in [-0.2, 0) is 13.0 Å². The summed E-state index contributed by atoms with van der Waals surface area (Å²) in [5.41, 5.74) is 1.36. The van der Waals surface area contributed by atoms with E-state index in [1.807, 2.05) is 31.3 Å². The molecule has 1 aliphatic heterocycles. The third kappa shape index (κ3) is 2.57. The van der Waals surface area contributed by atoms with Crippen LogP contribution in [0, 0.1) is 0 Å². The number of carbonyl (C=O) groups is 1. The van der Waals surface area contributed by atoms with Gasteiger partial charge in [-0.1, -0.05) is 6.07 Å². The van der Waals surface area contributed by atoms with E-state index in [0.717, 1.165) is 37.3 Å². The molecule has 5 nitrogen and oxygen atoms in total. The molecule has 0 saturated carbocycles. The van der Waals surface area contributed by atoms with Crippen LogP contribution >= 0.6 is 0 Å². The topological polar surface area (TPSA) is 59.8 Å². The van der Waals surface area contributed by atoms with Gasteiger partial charge in [-0.3, -0.25) is 9.78 Å². The number of hydrogen-bond donors (Lipinski definition) is 1. The van der Waals surface area contributed by atoms with Gasteiger partial charge in [-0.2, -0.15) is 0 Å². The van der Waals surface area contributed by atoms with Crippen LogP contribution in [-0.4, -0.2) is 20.4 Å². The zero-order valence-electron chi connectivity index (χ0n) is 11.5. The monoisotopic (exact) mass is 270 g/mol. The fourth-order valence-corrected chi connectivity index (χ4v) is 2.50. The van der Waals surface area contributed by atoms with Crippen LogP contribution in [0.2, 0.25) is 0 Å². The third-order valence-corrected chi connectivity index (χ3v) is 3.62. The van der Waals surface area contributed by atoms with Gasteiger partial charge in [-0.25, -0.2) is 4.98 Å². The zero-order valence-corrected chi connectivity index (χ0v) is 11.5. The molecule has 1 atom stereocenters. The van der Waals surface area contributed by atoms with Gasteiger partial charge >= 0.3 is 0 Å². The number of nitrogens with zero attached hydrogens (tertiary/aromatic N) is 3. The Morgan fingerprint density at radius 2 is 2.30 bits per heavy atom. The Balaban J connectivity index is 1.71. The van der Waals surface area contributed by atoms with E-state index in [1.54, 1.807) is 6.20 Å². The van der Waals surface area contributed by atoms with E-state index in [4.69, 9.17) is 0 Å². The Labute approximate surface area is 118 Å². The molecule has 0 bridgehead atoms. The summed E-state index contributed by atoms with van der Waals surface area (Å²) < 4.78 is 2.09. The highest BCUT2D eigenvalue weighted by atomic mass is 16.2. The number of rotatable bonds is 3. The van der Waals surface area contributed by atoms with Gasteiger partial charge in [0.2, 0.25) is 0 Å². The summed E-state index contributed by atoms with van der Waals surface area (Å²) >= 11 is 0. The number of carbonyl (C=O) groups excluding carboxylic acids is 1. The average molecular weight is 270 g/mol. The first-order valence-corrected chi connectivity index (χ1v) is 7.02. The van der Waals surface area contributed by atoms with Gasteiger partial charge in [0.1, 0.15) is 11.5 Å². The lowest BCUT2D eigenvalue weighted by Crippen LogP contribution is -2.27. The minimum atomic E-state index is -0.134. The van der Waals surface area contributed by atoms with Gasteiger partial charge in [0.15, 0.2) is 0 Å². The molecule has 0 spiro atoms. The summed E-state index contributed by atoms with van der Waals surface area (Å²) in [5.74, 6) is 0.886. The second-order valence-electron chi connectivity index (χ2n) is 5.14. The van der Waals surface area contributed by atoms with Crippen molar-refractivity contribution in [3.8, 4) is 0 Å². The Bertz CT molecular complexity index is 582. The van der Waals surface area contributed by atoms with E-state index in [-0.39, 0.29) is 11.9 Å². The lowest BCUT2D eigenvalue weighted by atomic mass is 10.2. The van der Waals surface area contributed by atoms with Crippen molar-refractivity contribution in [3.63, 3.8) is 0 Å². The Hall–Kier alpha value is -2.17. The highest BCUT2D eigenvalue weighted by Gasteiger charge is 2.18. The average Bonchev–Trinajstić information content (AvgIpc) is 2.92. The number of aromatic nitrogens is 3. The number of pyridine rings is 1. The number of aryl methyl sites for hydroxylation is 2. The second-order valence-corrected chi connectivity index (χ2v) is 5.14. The summed E-state index contributed by atoms with van der Waals surface area (Å²) in [4.78, 5) is 20.9. The Kier molecular flexibility index (Phi) is 3.50. The van der Waals surface area contributed by atoms with E-state index in [9.17, 15) is 4.79 Å². The molecule has 3 rings (SSSR count). The van der Waals surface area contributed by atoms with E-state index >= 15 is 0 Å². The predicted octanol–water partition coefficient (Wildman–Crippen LogP) is 2.11. The maximum Gasteiger partial charge on any atom is 0.272 e. The summed E-state index contributed by atoms with van der Waals surface area (Å²) in [6.45, 7) is 2.89. The Morgan fingerprint density at radius 1 is 1.40 bits per heavy atom. The molecule has 104 valence electrons. The molecule has 1 amide bonds. The molecule has 5 heteroatoms. The number of imidazole rings is 1. The molecule has 0 aromatic carbocycles. The first-order chi connectivity index (χ1) is 9.74. The number of fused-ring (bicyclic) bond motifs is 1. The van der Waals surface area contributed by atoms with Crippen LogP contribution in [0.15, 0.2) is 30.6 Å². The van der Waals surface area contributed by atoms with Crippen molar-refractivity contribution in [2.75, 3.05) is 0 Å². The van der Waals surface area contributed by atoms with E-state index < -0.39 is 0 Å². The largest absolute Gasteiger partial charge is 0.343 e. The molecule has 1 unspecified atom stereocenters. The molecule has 20 heavy (non-hydrogen) atoms. The van der Waals surface area contributed by atoms with Gasteiger partial charge in [0.25, 0.3) is 5.91 Å². The molecule has 3 heterocycles.